The van der Waals surface area contributed by atoms with Crippen molar-refractivity contribution in [1.29, 1.82) is 0 Å². The van der Waals surface area contributed by atoms with Crippen LogP contribution in [0.2, 0.25) is 0 Å². The molecule has 0 saturated carbocycles. The van der Waals surface area contributed by atoms with E-state index in [1.807, 2.05) is 30.3 Å². The monoisotopic (exact) mass is 219 g/mol. The number of amides is 1. The van der Waals surface area contributed by atoms with Crippen molar-refractivity contribution in [2.24, 2.45) is 0 Å². The smallest absolute Gasteiger partial charge is 0.220 e. The van der Waals surface area contributed by atoms with Gasteiger partial charge >= 0.3 is 0 Å². The first-order chi connectivity index (χ1) is 7.74. The number of aliphatic hydroxyl groups is 1. The molecule has 1 amide bonds. The minimum atomic E-state index is -0.645. The van der Waals surface area contributed by atoms with Gasteiger partial charge in [0, 0.05) is 13.0 Å². The molecule has 0 aliphatic carbocycles. The van der Waals surface area contributed by atoms with Crippen LogP contribution >= 0.6 is 0 Å². The van der Waals surface area contributed by atoms with Gasteiger partial charge in [0.05, 0.1) is 6.10 Å². The Balaban J connectivity index is 2.33. The second-order valence-electron chi connectivity index (χ2n) is 3.56. The lowest BCUT2D eigenvalue weighted by Gasteiger charge is -2.11. The van der Waals surface area contributed by atoms with Gasteiger partial charge in [0.25, 0.3) is 0 Å². The summed E-state index contributed by atoms with van der Waals surface area (Å²) in [6.45, 7) is 3.80. The molecule has 0 unspecified atom stereocenters. The lowest BCUT2D eigenvalue weighted by atomic mass is 10.1. The van der Waals surface area contributed by atoms with Crippen LogP contribution < -0.4 is 5.32 Å². The number of nitrogens with one attached hydrogen (secondary N) is 1. The summed E-state index contributed by atoms with van der Waals surface area (Å²) in [4.78, 5) is 11.3. The van der Waals surface area contributed by atoms with E-state index in [9.17, 15) is 9.90 Å². The molecule has 0 aromatic heterocycles. The van der Waals surface area contributed by atoms with Crippen LogP contribution in [0.25, 0.3) is 0 Å². The van der Waals surface area contributed by atoms with Gasteiger partial charge in [-0.3, -0.25) is 4.79 Å². The molecule has 0 aliphatic heterocycles. The van der Waals surface area contributed by atoms with Crippen LogP contribution in [-0.2, 0) is 4.79 Å². The number of hydrogen-bond acceptors (Lipinski definition) is 2. The molecule has 1 rings (SSSR count). The first kappa shape index (κ1) is 12.5. The van der Waals surface area contributed by atoms with Gasteiger partial charge in [-0.1, -0.05) is 36.4 Å². The maximum absolute atomic E-state index is 11.3. The fraction of sp³-hybridized carbons (Fsp3) is 0.308. The van der Waals surface area contributed by atoms with Crippen molar-refractivity contribution >= 4 is 5.91 Å². The van der Waals surface area contributed by atoms with Crippen molar-refractivity contribution in [2.75, 3.05) is 6.54 Å². The topological polar surface area (TPSA) is 49.3 Å². The Morgan fingerprint density at radius 2 is 2.12 bits per heavy atom. The highest BCUT2D eigenvalue weighted by Gasteiger charge is 2.08. The minimum Gasteiger partial charge on any atom is -0.387 e. The number of aliphatic hydroxyl groups excluding tert-OH is 1. The van der Waals surface area contributed by atoms with Gasteiger partial charge in [-0.25, -0.2) is 0 Å². The first-order valence-electron chi connectivity index (χ1n) is 5.34. The quantitative estimate of drug-likeness (QED) is 0.717. The van der Waals surface area contributed by atoms with Gasteiger partial charge in [0.1, 0.15) is 0 Å². The van der Waals surface area contributed by atoms with E-state index < -0.39 is 6.10 Å². The summed E-state index contributed by atoms with van der Waals surface area (Å²) in [5.41, 5.74) is 0.812. The largest absolute Gasteiger partial charge is 0.387 e. The van der Waals surface area contributed by atoms with Gasteiger partial charge in [0.15, 0.2) is 0 Å². The predicted molar refractivity (Wildman–Crippen MR) is 63.8 cm³/mol. The molecule has 3 nitrogen and oxygen atoms in total. The van der Waals surface area contributed by atoms with Crippen molar-refractivity contribution in [3.8, 4) is 0 Å². The third-order valence-electron chi connectivity index (χ3n) is 2.25. The van der Waals surface area contributed by atoms with Crippen LogP contribution in [0.4, 0.5) is 0 Å². The number of carbonyl (C=O) groups excluding carboxylic acids is 1. The zero-order valence-electron chi connectivity index (χ0n) is 9.23. The average molecular weight is 219 g/mol. The van der Waals surface area contributed by atoms with E-state index in [1.165, 1.54) is 0 Å². The second-order valence-corrected chi connectivity index (χ2v) is 3.56. The zero-order valence-corrected chi connectivity index (χ0v) is 9.23. The third kappa shape index (κ3) is 4.28. The maximum Gasteiger partial charge on any atom is 0.220 e. The molecule has 0 heterocycles. The zero-order chi connectivity index (χ0) is 11.8. The Morgan fingerprint density at radius 1 is 1.44 bits per heavy atom. The summed E-state index contributed by atoms with van der Waals surface area (Å²) >= 11 is 0. The Labute approximate surface area is 95.8 Å². The first-order valence-corrected chi connectivity index (χ1v) is 5.34. The van der Waals surface area contributed by atoms with Crippen LogP contribution in [0.5, 0.6) is 0 Å². The molecule has 0 saturated heterocycles. The SMILES string of the molecule is C=CCCC(=O)NC[C@@H](O)c1ccccc1. The van der Waals surface area contributed by atoms with Gasteiger partial charge in [-0.2, -0.15) is 0 Å². The van der Waals surface area contributed by atoms with E-state index in [2.05, 4.69) is 11.9 Å². The molecular weight excluding hydrogens is 202 g/mol. The highest BCUT2D eigenvalue weighted by Crippen LogP contribution is 2.10. The van der Waals surface area contributed by atoms with Crippen LogP contribution in [0, 0.1) is 0 Å². The number of benzene rings is 1. The standard InChI is InChI=1S/C13H17NO2/c1-2-3-9-13(16)14-10-12(15)11-7-5-4-6-8-11/h2,4-8,12,15H,1,3,9-10H2,(H,14,16)/t12-/m1/s1. The van der Waals surface area contributed by atoms with Gasteiger partial charge in [-0.05, 0) is 12.0 Å². The summed E-state index contributed by atoms with van der Waals surface area (Å²) < 4.78 is 0. The Hall–Kier alpha value is -1.61. The van der Waals surface area contributed by atoms with E-state index in [-0.39, 0.29) is 12.5 Å². The number of allylic oxidation sites excluding steroid dienone is 1. The molecule has 1 aromatic carbocycles. The summed E-state index contributed by atoms with van der Waals surface area (Å²) in [5.74, 6) is -0.0603. The van der Waals surface area contributed by atoms with Crippen LogP contribution in [-0.4, -0.2) is 17.6 Å². The number of hydrogen-bond donors (Lipinski definition) is 2. The van der Waals surface area contributed by atoms with Gasteiger partial charge in [0.2, 0.25) is 5.91 Å². The Kier molecular flexibility index (Phi) is 5.29. The Morgan fingerprint density at radius 3 is 2.75 bits per heavy atom. The van der Waals surface area contributed by atoms with Gasteiger partial charge in [-0.15, -0.1) is 6.58 Å². The van der Waals surface area contributed by atoms with E-state index >= 15 is 0 Å². The highest BCUT2D eigenvalue weighted by atomic mass is 16.3. The van der Waals surface area contributed by atoms with Crippen molar-refractivity contribution in [3.05, 3.63) is 48.6 Å². The second kappa shape index (κ2) is 6.80. The summed E-state index contributed by atoms with van der Waals surface area (Å²) in [5, 5.41) is 12.4. The summed E-state index contributed by atoms with van der Waals surface area (Å²) in [6.07, 6.45) is 2.14. The number of carbonyl (C=O) groups is 1. The fourth-order valence-corrected chi connectivity index (χ4v) is 1.33. The molecule has 2 N–H and O–H groups in total. The normalized spacial score (nSPS) is 11.8. The highest BCUT2D eigenvalue weighted by molar-refractivity contribution is 5.76. The van der Waals surface area contributed by atoms with E-state index in [0.717, 1.165) is 5.56 Å². The van der Waals surface area contributed by atoms with E-state index in [4.69, 9.17) is 0 Å². The number of rotatable bonds is 6. The molecular formula is C13H17NO2. The minimum absolute atomic E-state index is 0.0603. The molecule has 3 heteroatoms. The molecule has 0 radical (unpaired) electrons. The molecule has 0 bridgehead atoms. The van der Waals surface area contributed by atoms with Crippen molar-refractivity contribution < 1.29 is 9.90 Å². The molecule has 0 aliphatic rings. The average Bonchev–Trinajstić information content (AvgIpc) is 2.34. The molecule has 86 valence electrons. The van der Waals surface area contributed by atoms with E-state index in [0.29, 0.717) is 12.8 Å². The lowest BCUT2D eigenvalue weighted by Crippen LogP contribution is -2.27. The van der Waals surface area contributed by atoms with Crippen LogP contribution in [0.1, 0.15) is 24.5 Å². The van der Waals surface area contributed by atoms with Crippen molar-refractivity contribution in [3.63, 3.8) is 0 Å². The molecule has 0 spiro atoms. The maximum atomic E-state index is 11.3. The Bertz CT molecular complexity index is 335. The fourth-order valence-electron chi connectivity index (χ4n) is 1.33. The summed E-state index contributed by atoms with van der Waals surface area (Å²) in [6, 6.07) is 9.27. The summed E-state index contributed by atoms with van der Waals surface area (Å²) in [7, 11) is 0. The lowest BCUT2D eigenvalue weighted by molar-refractivity contribution is -0.121. The van der Waals surface area contributed by atoms with Crippen molar-refractivity contribution in [2.45, 2.75) is 18.9 Å². The third-order valence-corrected chi connectivity index (χ3v) is 2.25. The molecule has 1 aromatic rings. The van der Waals surface area contributed by atoms with Crippen LogP contribution in [0.3, 0.4) is 0 Å². The predicted octanol–water partition coefficient (Wildman–Crippen LogP) is 1.80. The van der Waals surface area contributed by atoms with Crippen molar-refractivity contribution in [1.82, 2.24) is 5.32 Å². The van der Waals surface area contributed by atoms with E-state index in [1.54, 1.807) is 6.08 Å². The molecule has 16 heavy (non-hydrogen) atoms. The molecule has 0 fully saturated rings. The van der Waals surface area contributed by atoms with Gasteiger partial charge < -0.3 is 10.4 Å². The van der Waals surface area contributed by atoms with Crippen LogP contribution in [0.15, 0.2) is 43.0 Å². The molecule has 1 atom stereocenters.